The first-order chi connectivity index (χ1) is 7.48. The maximum absolute atomic E-state index is 10.2. The van der Waals surface area contributed by atoms with E-state index in [1.54, 1.807) is 0 Å². The molecule has 0 spiro atoms. The second kappa shape index (κ2) is 4.66. The minimum atomic E-state index is -0.0609. The Morgan fingerprint density at radius 3 is 2.44 bits per heavy atom. The molecule has 0 amide bonds. The molecule has 0 bridgehead atoms. The average molecular weight is 225 g/mol. The zero-order valence-electron chi connectivity index (χ0n) is 11.0. The van der Waals surface area contributed by atoms with Crippen LogP contribution in [0.5, 0.6) is 0 Å². The van der Waals surface area contributed by atoms with Gasteiger partial charge in [0.2, 0.25) is 0 Å². The molecule has 0 aromatic rings. The lowest BCUT2D eigenvalue weighted by Gasteiger charge is -2.42. The zero-order chi connectivity index (χ0) is 11.8. The number of aliphatic hydroxyl groups is 1. The standard InChI is InChI=1S/C14H27NO/c1-14(2,3)10-6-7-13(16)11(9-10)12-5-4-8-15-12/h10-13,15-16H,4-9H2,1-3H3. The largest absolute Gasteiger partial charge is 0.393 e. The summed E-state index contributed by atoms with van der Waals surface area (Å²) < 4.78 is 0. The Balaban J connectivity index is 2.00. The molecule has 1 aliphatic carbocycles. The third-order valence-corrected chi connectivity index (χ3v) is 4.70. The molecule has 94 valence electrons. The third kappa shape index (κ3) is 2.60. The van der Waals surface area contributed by atoms with E-state index in [1.165, 1.54) is 25.7 Å². The molecule has 2 aliphatic rings. The SMILES string of the molecule is CC(C)(C)C1CCC(O)C(C2CCCN2)C1. The quantitative estimate of drug-likeness (QED) is 0.719. The molecule has 1 heterocycles. The van der Waals surface area contributed by atoms with Gasteiger partial charge in [-0.15, -0.1) is 0 Å². The number of rotatable bonds is 1. The number of aliphatic hydroxyl groups excluding tert-OH is 1. The summed E-state index contributed by atoms with van der Waals surface area (Å²) in [6.07, 6.45) is 5.91. The molecule has 2 fully saturated rings. The summed E-state index contributed by atoms with van der Waals surface area (Å²) in [6, 6.07) is 0.583. The second-order valence-electron chi connectivity index (χ2n) is 6.81. The summed E-state index contributed by atoms with van der Waals surface area (Å²) in [7, 11) is 0. The summed E-state index contributed by atoms with van der Waals surface area (Å²) in [6.45, 7) is 8.17. The van der Waals surface area contributed by atoms with Gasteiger partial charge in [0.25, 0.3) is 0 Å². The van der Waals surface area contributed by atoms with Gasteiger partial charge < -0.3 is 10.4 Å². The summed E-state index contributed by atoms with van der Waals surface area (Å²) in [5, 5.41) is 13.7. The van der Waals surface area contributed by atoms with Crippen molar-refractivity contribution < 1.29 is 5.11 Å². The van der Waals surface area contributed by atoms with Gasteiger partial charge in [0.05, 0.1) is 6.10 Å². The van der Waals surface area contributed by atoms with Gasteiger partial charge in [0.1, 0.15) is 0 Å². The van der Waals surface area contributed by atoms with Crippen molar-refractivity contribution in [2.75, 3.05) is 6.54 Å². The van der Waals surface area contributed by atoms with Crippen LogP contribution in [0.2, 0.25) is 0 Å². The molecule has 1 saturated heterocycles. The average Bonchev–Trinajstić information content (AvgIpc) is 2.69. The number of hydrogen-bond donors (Lipinski definition) is 2. The van der Waals surface area contributed by atoms with Crippen LogP contribution in [0, 0.1) is 17.3 Å². The van der Waals surface area contributed by atoms with Crippen molar-refractivity contribution in [2.24, 2.45) is 17.3 Å². The maximum atomic E-state index is 10.2. The molecule has 1 aliphatic heterocycles. The summed E-state index contributed by atoms with van der Waals surface area (Å²) in [4.78, 5) is 0. The molecule has 4 atom stereocenters. The molecular weight excluding hydrogens is 198 g/mol. The van der Waals surface area contributed by atoms with Crippen molar-refractivity contribution in [1.29, 1.82) is 0 Å². The predicted octanol–water partition coefficient (Wildman–Crippen LogP) is 2.56. The molecule has 2 nitrogen and oxygen atoms in total. The molecular formula is C14H27NO. The van der Waals surface area contributed by atoms with E-state index in [-0.39, 0.29) is 6.10 Å². The first kappa shape index (κ1) is 12.4. The molecule has 4 unspecified atom stereocenters. The highest BCUT2D eigenvalue weighted by molar-refractivity contribution is 4.92. The first-order valence-electron chi connectivity index (χ1n) is 6.90. The van der Waals surface area contributed by atoms with E-state index in [0.29, 0.717) is 17.4 Å². The van der Waals surface area contributed by atoms with Crippen molar-refractivity contribution in [2.45, 2.75) is 65.0 Å². The third-order valence-electron chi connectivity index (χ3n) is 4.70. The Bertz CT molecular complexity index is 227. The summed E-state index contributed by atoms with van der Waals surface area (Å²) in [5.74, 6) is 1.28. The van der Waals surface area contributed by atoms with Crippen LogP contribution in [0.4, 0.5) is 0 Å². The molecule has 2 rings (SSSR count). The summed E-state index contributed by atoms with van der Waals surface area (Å²) in [5.41, 5.74) is 0.400. The molecule has 16 heavy (non-hydrogen) atoms. The van der Waals surface area contributed by atoms with Crippen molar-refractivity contribution in [3.05, 3.63) is 0 Å². The van der Waals surface area contributed by atoms with Crippen molar-refractivity contribution >= 4 is 0 Å². The van der Waals surface area contributed by atoms with Crippen LogP contribution in [0.15, 0.2) is 0 Å². The lowest BCUT2D eigenvalue weighted by Crippen LogP contribution is -2.44. The Morgan fingerprint density at radius 1 is 1.12 bits per heavy atom. The van der Waals surface area contributed by atoms with E-state index in [0.717, 1.165) is 18.9 Å². The van der Waals surface area contributed by atoms with Crippen LogP contribution in [-0.4, -0.2) is 23.8 Å². The van der Waals surface area contributed by atoms with Crippen LogP contribution in [-0.2, 0) is 0 Å². The topological polar surface area (TPSA) is 32.3 Å². The van der Waals surface area contributed by atoms with Gasteiger partial charge in [0, 0.05) is 12.0 Å². The van der Waals surface area contributed by atoms with E-state index < -0.39 is 0 Å². The molecule has 2 N–H and O–H groups in total. The normalized spacial score (nSPS) is 41.2. The van der Waals surface area contributed by atoms with Crippen molar-refractivity contribution in [3.63, 3.8) is 0 Å². The van der Waals surface area contributed by atoms with E-state index in [4.69, 9.17) is 0 Å². The van der Waals surface area contributed by atoms with E-state index >= 15 is 0 Å². The van der Waals surface area contributed by atoms with Gasteiger partial charge in [-0.1, -0.05) is 20.8 Å². The van der Waals surface area contributed by atoms with Gasteiger partial charge in [0.15, 0.2) is 0 Å². The minimum Gasteiger partial charge on any atom is -0.393 e. The fourth-order valence-corrected chi connectivity index (χ4v) is 3.49. The van der Waals surface area contributed by atoms with E-state index in [9.17, 15) is 5.11 Å². The van der Waals surface area contributed by atoms with Gasteiger partial charge in [-0.3, -0.25) is 0 Å². The van der Waals surface area contributed by atoms with Crippen LogP contribution in [0.1, 0.15) is 52.9 Å². The van der Waals surface area contributed by atoms with E-state index in [1.807, 2.05) is 0 Å². The molecule has 0 aromatic carbocycles. The lowest BCUT2D eigenvalue weighted by molar-refractivity contribution is 0.00536. The monoisotopic (exact) mass is 225 g/mol. The van der Waals surface area contributed by atoms with Crippen LogP contribution < -0.4 is 5.32 Å². The Kier molecular flexibility index (Phi) is 3.60. The van der Waals surface area contributed by atoms with Crippen molar-refractivity contribution in [1.82, 2.24) is 5.32 Å². The first-order valence-corrected chi connectivity index (χ1v) is 6.90. The second-order valence-corrected chi connectivity index (χ2v) is 6.81. The zero-order valence-corrected chi connectivity index (χ0v) is 11.0. The molecule has 0 aromatic heterocycles. The molecule has 2 heteroatoms. The smallest absolute Gasteiger partial charge is 0.0583 e. The van der Waals surface area contributed by atoms with Crippen molar-refractivity contribution in [3.8, 4) is 0 Å². The van der Waals surface area contributed by atoms with E-state index in [2.05, 4.69) is 26.1 Å². The van der Waals surface area contributed by atoms with Gasteiger partial charge >= 0.3 is 0 Å². The fraction of sp³-hybridized carbons (Fsp3) is 1.00. The Hall–Kier alpha value is -0.0800. The fourth-order valence-electron chi connectivity index (χ4n) is 3.49. The Labute approximate surface area is 99.8 Å². The summed E-state index contributed by atoms with van der Waals surface area (Å²) >= 11 is 0. The highest BCUT2D eigenvalue weighted by atomic mass is 16.3. The lowest BCUT2D eigenvalue weighted by atomic mass is 9.66. The highest BCUT2D eigenvalue weighted by Crippen LogP contribution is 2.42. The predicted molar refractivity (Wildman–Crippen MR) is 67.3 cm³/mol. The van der Waals surface area contributed by atoms with Crippen LogP contribution in [0.3, 0.4) is 0 Å². The molecule has 1 saturated carbocycles. The molecule has 0 radical (unpaired) electrons. The maximum Gasteiger partial charge on any atom is 0.0583 e. The number of hydrogen-bond acceptors (Lipinski definition) is 2. The Morgan fingerprint density at radius 2 is 1.88 bits per heavy atom. The van der Waals surface area contributed by atoms with Crippen LogP contribution >= 0.6 is 0 Å². The van der Waals surface area contributed by atoms with Crippen LogP contribution in [0.25, 0.3) is 0 Å². The highest BCUT2D eigenvalue weighted by Gasteiger charge is 2.39. The van der Waals surface area contributed by atoms with Gasteiger partial charge in [-0.2, -0.15) is 0 Å². The van der Waals surface area contributed by atoms with Gasteiger partial charge in [-0.05, 0) is 50.0 Å². The minimum absolute atomic E-state index is 0.0609. The van der Waals surface area contributed by atoms with Gasteiger partial charge in [-0.25, -0.2) is 0 Å². The number of nitrogens with one attached hydrogen (secondary N) is 1.